The van der Waals surface area contributed by atoms with Crippen molar-refractivity contribution in [1.29, 1.82) is 0 Å². The molecule has 1 aliphatic carbocycles. The second kappa shape index (κ2) is 7.59. The lowest BCUT2D eigenvalue weighted by molar-refractivity contribution is -0.115. The highest BCUT2D eigenvalue weighted by atomic mass is 16.4. The normalized spacial score (nSPS) is 13.4. The van der Waals surface area contributed by atoms with E-state index in [9.17, 15) is 4.79 Å². The predicted octanol–water partition coefficient (Wildman–Crippen LogP) is 4.49. The van der Waals surface area contributed by atoms with Crippen LogP contribution in [0.5, 0.6) is 0 Å². The number of nitrogens with one attached hydrogen (secondary N) is 2. The molecule has 2 N–H and O–H groups in total. The number of aryl methyl sites for hydroxylation is 1. The molecule has 7 nitrogen and oxygen atoms in total. The van der Waals surface area contributed by atoms with Gasteiger partial charge in [-0.2, -0.15) is 5.10 Å². The minimum Gasteiger partial charge on any atom is -0.441 e. The van der Waals surface area contributed by atoms with Crippen LogP contribution in [0.3, 0.4) is 0 Å². The van der Waals surface area contributed by atoms with Crippen molar-refractivity contribution in [2.24, 2.45) is 0 Å². The van der Waals surface area contributed by atoms with E-state index in [-0.39, 0.29) is 12.3 Å². The molecule has 2 aromatic carbocycles. The van der Waals surface area contributed by atoms with Gasteiger partial charge < -0.3 is 9.73 Å². The molecule has 7 heteroatoms. The fourth-order valence-electron chi connectivity index (χ4n) is 3.30. The summed E-state index contributed by atoms with van der Waals surface area (Å²) in [5, 5.41) is 10.2. The number of carbonyl (C=O) groups is 1. The van der Waals surface area contributed by atoms with Gasteiger partial charge in [-0.05, 0) is 56.2 Å². The Kier molecular flexibility index (Phi) is 4.63. The van der Waals surface area contributed by atoms with E-state index in [4.69, 9.17) is 4.42 Å². The van der Waals surface area contributed by atoms with Gasteiger partial charge in [-0.25, -0.2) is 9.97 Å². The van der Waals surface area contributed by atoms with E-state index < -0.39 is 0 Å². The van der Waals surface area contributed by atoms with E-state index in [0.717, 1.165) is 17.0 Å². The standard InChI is InChI=1S/C23H21N5O2/c1-14-19(25-23(30-14)17-5-3-2-4-6-17)13-20(29)24-18-11-9-16(10-12-18)22-26-21(27-28-22)15-7-8-15/h2-6,9-12,15H,7-8,13H2,1H3,(H,24,29)(H,26,27,28). The number of anilines is 1. The van der Waals surface area contributed by atoms with Crippen LogP contribution in [0.1, 0.15) is 36.0 Å². The maximum absolute atomic E-state index is 12.5. The van der Waals surface area contributed by atoms with E-state index in [1.165, 1.54) is 12.8 Å². The lowest BCUT2D eigenvalue weighted by atomic mass is 10.2. The Morgan fingerprint density at radius 2 is 1.83 bits per heavy atom. The monoisotopic (exact) mass is 399 g/mol. The molecule has 0 bridgehead atoms. The van der Waals surface area contributed by atoms with Crippen LogP contribution >= 0.6 is 0 Å². The summed E-state index contributed by atoms with van der Waals surface area (Å²) in [6.45, 7) is 1.82. The van der Waals surface area contributed by atoms with Crippen LogP contribution in [0.25, 0.3) is 22.8 Å². The lowest BCUT2D eigenvalue weighted by Gasteiger charge is -2.05. The molecule has 5 rings (SSSR count). The maximum Gasteiger partial charge on any atom is 0.230 e. The number of benzene rings is 2. The van der Waals surface area contributed by atoms with Gasteiger partial charge in [-0.1, -0.05) is 18.2 Å². The van der Waals surface area contributed by atoms with Crippen molar-refractivity contribution in [1.82, 2.24) is 20.2 Å². The van der Waals surface area contributed by atoms with Crippen molar-refractivity contribution in [3.05, 3.63) is 71.9 Å². The first-order valence-corrected chi connectivity index (χ1v) is 10.00. The summed E-state index contributed by atoms with van der Waals surface area (Å²) < 4.78 is 5.73. The molecule has 1 amide bonds. The summed E-state index contributed by atoms with van der Waals surface area (Å²) in [7, 11) is 0. The molecule has 150 valence electrons. The van der Waals surface area contributed by atoms with Crippen LogP contribution < -0.4 is 5.32 Å². The van der Waals surface area contributed by atoms with Gasteiger partial charge in [-0.3, -0.25) is 9.89 Å². The highest BCUT2D eigenvalue weighted by Gasteiger charge is 2.27. The van der Waals surface area contributed by atoms with Gasteiger partial charge in [0.15, 0.2) is 5.82 Å². The van der Waals surface area contributed by atoms with Crippen molar-refractivity contribution in [3.8, 4) is 22.8 Å². The van der Waals surface area contributed by atoms with Crippen LogP contribution in [-0.2, 0) is 11.2 Å². The molecule has 0 radical (unpaired) electrons. The number of aromatic amines is 1. The molecular weight excluding hydrogens is 378 g/mol. The third-order valence-electron chi connectivity index (χ3n) is 5.14. The van der Waals surface area contributed by atoms with Crippen LogP contribution in [0.15, 0.2) is 59.0 Å². The van der Waals surface area contributed by atoms with Crippen LogP contribution in [-0.4, -0.2) is 26.1 Å². The SMILES string of the molecule is Cc1oc(-c2ccccc2)nc1CC(=O)Nc1ccc(-c2n[nH]c(C3CC3)n2)cc1. The molecule has 0 aliphatic heterocycles. The number of rotatable bonds is 6. The maximum atomic E-state index is 12.5. The fraction of sp³-hybridized carbons (Fsp3) is 0.217. The molecule has 0 saturated heterocycles. The number of carbonyl (C=O) groups excluding carboxylic acids is 1. The number of H-pyrrole nitrogens is 1. The molecule has 0 atom stereocenters. The molecule has 4 aromatic rings. The summed E-state index contributed by atoms with van der Waals surface area (Å²) >= 11 is 0. The molecule has 2 heterocycles. The molecule has 1 fully saturated rings. The van der Waals surface area contributed by atoms with Gasteiger partial charge in [0.2, 0.25) is 11.8 Å². The topological polar surface area (TPSA) is 96.7 Å². The Balaban J connectivity index is 1.24. The van der Waals surface area contributed by atoms with Crippen LogP contribution in [0.2, 0.25) is 0 Å². The summed E-state index contributed by atoms with van der Waals surface area (Å²) in [5.74, 6) is 3.20. The van der Waals surface area contributed by atoms with Crippen LogP contribution in [0.4, 0.5) is 5.69 Å². The third kappa shape index (κ3) is 3.87. The first kappa shape index (κ1) is 18.3. The highest BCUT2D eigenvalue weighted by molar-refractivity contribution is 5.92. The van der Waals surface area contributed by atoms with Crippen molar-refractivity contribution < 1.29 is 9.21 Å². The minimum absolute atomic E-state index is 0.146. The van der Waals surface area contributed by atoms with Gasteiger partial charge in [0.1, 0.15) is 11.6 Å². The van der Waals surface area contributed by atoms with Gasteiger partial charge in [0, 0.05) is 22.7 Å². The Morgan fingerprint density at radius 3 is 2.57 bits per heavy atom. The number of hydrogen-bond acceptors (Lipinski definition) is 5. The zero-order chi connectivity index (χ0) is 20.5. The molecule has 30 heavy (non-hydrogen) atoms. The zero-order valence-corrected chi connectivity index (χ0v) is 16.6. The largest absolute Gasteiger partial charge is 0.441 e. The summed E-state index contributed by atoms with van der Waals surface area (Å²) in [6.07, 6.45) is 2.50. The summed E-state index contributed by atoms with van der Waals surface area (Å²) in [6, 6.07) is 17.2. The first-order chi connectivity index (χ1) is 14.7. The molecule has 0 unspecified atom stereocenters. The van der Waals surface area contributed by atoms with Crippen LogP contribution in [0, 0.1) is 6.92 Å². The zero-order valence-electron chi connectivity index (χ0n) is 16.6. The van der Waals surface area contributed by atoms with E-state index in [2.05, 4.69) is 25.5 Å². The number of hydrogen-bond donors (Lipinski definition) is 2. The van der Waals surface area contributed by atoms with Crippen molar-refractivity contribution in [2.45, 2.75) is 32.1 Å². The van der Waals surface area contributed by atoms with E-state index in [1.807, 2.05) is 61.5 Å². The Hall–Kier alpha value is -3.74. The smallest absolute Gasteiger partial charge is 0.230 e. The summed E-state index contributed by atoms with van der Waals surface area (Å²) in [5.41, 5.74) is 3.15. The minimum atomic E-state index is -0.146. The molecule has 2 aromatic heterocycles. The second-order valence-corrected chi connectivity index (χ2v) is 7.51. The molecule has 1 saturated carbocycles. The molecule has 1 aliphatic rings. The highest BCUT2D eigenvalue weighted by Crippen LogP contribution is 2.38. The number of oxazole rings is 1. The van der Waals surface area contributed by atoms with Gasteiger partial charge in [-0.15, -0.1) is 0 Å². The molecule has 0 spiro atoms. The average Bonchev–Trinajstić information content (AvgIpc) is 3.39. The quantitative estimate of drug-likeness (QED) is 0.498. The predicted molar refractivity (Wildman–Crippen MR) is 113 cm³/mol. The van der Waals surface area contributed by atoms with Crippen molar-refractivity contribution in [2.75, 3.05) is 5.32 Å². The molecular formula is C23H21N5O2. The second-order valence-electron chi connectivity index (χ2n) is 7.51. The third-order valence-corrected chi connectivity index (χ3v) is 5.14. The number of aromatic nitrogens is 4. The number of amides is 1. The Morgan fingerprint density at radius 1 is 1.07 bits per heavy atom. The fourth-order valence-corrected chi connectivity index (χ4v) is 3.30. The first-order valence-electron chi connectivity index (χ1n) is 10.00. The number of nitrogens with zero attached hydrogens (tertiary/aromatic N) is 3. The van der Waals surface area contributed by atoms with E-state index >= 15 is 0 Å². The van der Waals surface area contributed by atoms with E-state index in [0.29, 0.717) is 34.8 Å². The van der Waals surface area contributed by atoms with Gasteiger partial charge in [0.05, 0.1) is 12.1 Å². The average molecular weight is 399 g/mol. The van der Waals surface area contributed by atoms with Gasteiger partial charge in [0.25, 0.3) is 0 Å². The van der Waals surface area contributed by atoms with Gasteiger partial charge >= 0.3 is 0 Å². The Labute approximate surface area is 173 Å². The lowest BCUT2D eigenvalue weighted by Crippen LogP contribution is -2.15. The van der Waals surface area contributed by atoms with Crippen molar-refractivity contribution >= 4 is 11.6 Å². The summed E-state index contributed by atoms with van der Waals surface area (Å²) in [4.78, 5) is 21.5. The van der Waals surface area contributed by atoms with E-state index in [1.54, 1.807) is 0 Å². The Bertz CT molecular complexity index is 1170. The van der Waals surface area contributed by atoms with Crippen molar-refractivity contribution in [3.63, 3.8) is 0 Å².